The van der Waals surface area contributed by atoms with Gasteiger partial charge in [0.2, 0.25) is 0 Å². The number of carbonyl (C=O) groups is 2. The number of halogens is 1. The first kappa shape index (κ1) is 24.6. The molecule has 11 heteroatoms. The summed E-state index contributed by atoms with van der Waals surface area (Å²) >= 11 is 0. The molecule has 10 nitrogen and oxygen atoms in total. The molecule has 3 fully saturated rings. The third kappa shape index (κ3) is 4.72. The molecule has 3 aliphatic carbocycles. The molecule has 2 amide bonds. The van der Waals surface area contributed by atoms with Gasteiger partial charge in [-0.1, -0.05) is 0 Å². The summed E-state index contributed by atoms with van der Waals surface area (Å²) in [7, 11) is 1.33. The Balaban J connectivity index is 1.49. The third-order valence-electron chi connectivity index (χ3n) is 7.62. The van der Waals surface area contributed by atoms with Gasteiger partial charge in [-0.15, -0.1) is 0 Å². The molecule has 4 N–H and O–H groups in total. The zero-order valence-electron chi connectivity index (χ0n) is 20.4. The van der Waals surface area contributed by atoms with Crippen molar-refractivity contribution >= 4 is 23.0 Å². The molecule has 3 heterocycles. The minimum absolute atomic E-state index is 0.231. The van der Waals surface area contributed by atoms with Crippen LogP contribution in [0.25, 0.3) is 16.9 Å². The van der Waals surface area contributed by atoms with Gasteiger partial charge in [0, 0.05) is 18.8 Å². The number of pyridine rings is 1. The monoisotopic (exact) mass is 505 g/mol. The predicted octanol–water partition coefficient (Wildman–Crippen LogP) is 2.33. The van der Waals surface area contributed by atoms with E-state index in [1.165, 1.54) is 19.4 Å². The van der Waals surface area contributed by atoms with Crippen LogP contribution in [0.5, 0.6) is 0 Å². The molecule has 0 radical (unpaired) electrons. The average molecular weight is 506 g/mol. The zero-order valence-corrected chi connectivity index (χ0v) is 20.4. The molecule has 3 aliphatic rings. The molecule has 3 aromatic heterocycles. The summed E-state index contributed by atoms with van der Waals surface area (Å²) in [5, 5.41) is 32.5. The van der Waals surface area contributed by atoms with Crippen molar-refractivity contribution in [1.29, 1.82) is 5.26 Å². The zero-order chi connectivity index (χ0) is 26.2. The number of nitrogens with one attached hydrogen (secondary N) is 3. The lowest BCUT2D eigenvalue weighted by molar-refractivity contribution is -0.125. The van der Waals surface area contributed by atoms with Crippen LogP contribution in [0.4, 0.5) is 10.1 Å². The van der Waals surface area contributed by atoms with Crippen molar-refractivity contribution in [2.45, 2.75) is 55.8 Å². The predicted molar refractivity (Wildman–Crippen MR) is 133 cm³/mol. The maximum absolute atomic E-state index is 14.0. The van der Waals surface area contributed by atoms with Crippen LogP contribution in [0.2, 0.25) is 0 Å². The maximum atomic E-state index is 14.0. The highest BCUT2D eigenvalue weighted by atomic mass is 19.1. The van der Waals surface area contributed by atoms with Crippen LogP contribution in [0, 0.1) is 11.3 Å². The number of rotatable bonds is 7. The highest BCUT2D eigenvalue weighted by Crippen LogP contribution is 2.48. The molecule has 0 aliphatic heterocycles. The Morgan fingerprint density at radius 1 is 1.19 bits per heavy atom. The molecule has 3 aromatic rings. The van der Waals surface area contributed by atoms with E-state index in [2.05, 4.69) is 32.1 Å². The van der Waals surface area contributed by atoms with Crippen LogP contribution in [-0.4, -0.2) is 62.4 Å². The second kappa shape index (κ2) is 9.44. The van der Waals surface area contributed by atoms with Gasteiger partial charge in [-0.3, -0.25) is 14.6 Å². The second-order valence-electron chi connectivity index (χ2n) is 9.95. The molecule has 1 atom stereocenters. The Morgan fingerprint density at radius 3 is 2.59 bits per heavy atom. The summed E-state index contributed by atoms with van der Waals surface area (Å²) in [6, 6.07) is 9.24. The van der Waals surface area contributed by atoms with Gasteiger partial charge in [-0.05, 0) is 62.8 Å². The van der Waals surface area contributed by atoms with E-state index < -0.39 is 30.1 Å². The lowest BCUT2D eigenvalue weighted by Gasteiger charge is -2.51. The molecule has 37 heavy (non-hydrogen) atoms. The minimum atomic E-state index is -1.87. The van der Waals surface area contributed by atoms with Crippen molar-refractivity contribution in [3.63, 3.8) is 0 Å². The average Bonchev–Trinajstić information content (AvgIpc) is 3.35. The van der Waals surface area contributed by atoms with Gasteiger partial charge in [0.15, 0.2) is 6.17 Å². The van der Waals surface area contributed by atoms with E-state index in [1.807, 2.05) is 12.1 Å². The quantitative estimate of drug-likeness (QED) is 0.386. The van der Waals surface area contributed by atoms with Crippen LogP contribution in [0.3, 0.4) is 0 Å². The summed E-state index contributed by atoms with van der Waals surface area (Å²) in [5.74, 6) is -1.36. The van der Waals surface area contributed by atoms with E-state index in [-0.39, 0.29) is 11.1 Å². The standard InChI is InChI=1S/C26H28FN7O3/c1-29-24(36)19(27)15-31-23(35)18-14-30-21(22-3-2-17-10-16(12-28)13-32-34(17)22)11-20(18)33-25-4-7-26(37,8-5-25)9-6-25/h2-3,10-11,13-14,19,37H,4-9,15H2,1H3,(H,29,36)(H,30,33)(H,31,35)/t19-,25?,26?/m1/s1. The summed E-state index contributed by atoms with van der Waals surface area (Å²) in [5.41, 5.74) is 2.29. The van der Waals surface area contributed by atoms with Gasteiger partial charge in [0.25, 0.3) is 11.8 Å². The number of fused-ring (bicyclic) bond motifs is 4. The number of alkyl halides is 1. The molecule has 192 valence electrons. The van der Waals surface area contributed by atoms with Crippen molar-refractivity contribution < 1.29 is 19.1 Å². The summed E-state index contributed by atoms with van der Waals surface area (Å²) in [6.07, 6.45) is 5.37. The van der Waals surface area contributed by atoms with Gasteiger partial charge in [0.1, 0.15) is 6.07 Å². The largest absolute Gasteiger partial charge is 0.390 e. The SMILES string of the molecule is CNC(=O)[C@H](F)CNC(=O)c1cnc(-c2ccc3cc(C#N)cnn23)cc1NC12CCC(O)(CC1)CC2. The smallest absolute Gasteiger partial charge is 0.256 e. The van der Waals surface area contributed by atoms with E-state index in [0.717, 1.165) is 24.8 Å². The Hall–Kier alpha value is -4.04. The van der Waals surface area contributed by atoms with Crippen molar-refractivity contribution in [3.05, 3.63) is 47.8 Å². The van der Waals surface area contributed by atoms with E-state index >= 15 is 0 Å². The normalized spacial score (nSPS) is 23.3. The van der Waals surface area contributed by atoms with Gasteiger partial charge in [-0.25, -0.2) is 8.91 Å². The fourth-order valence-electron chi connectivity index (χ4n) is 5.30. The third-order valence-corrected chi connectivity index (χ3v) is 7.62. The number of aliphatic hydroxyl groups is 1. The first-order valence-corrected chi connectivity index (χ1v) is 12.3. The molecule has 3 saturated carbocycles. The first-order valence-electron chi connectivity index (χ1n) is 12.3. The number of nitrogens with zero attached hydrogens (tertiary/aromatic N) is 4. The molecule has 0 unspecified atom stereocenters. The van der Waals surface area contributed by atoms with Gasteiger partial charge in [0.05, 0.1) is 52.1 Å². The van der Waals surface area contributed by atoms with Crippen molar-refractivity contribution in [1.82, 2.24) is 25.2 Å². The molecule has 2 bridgehead atoms. The van der Waals surface area contributed by atoms with E-state index in [9.17, 15) is 19.1 Å². The van der Waals surface area contributed by atoms with E-state index in [1.54, 1.807) is 16.6 Å². The van der Waals surface area contributed by atoms with Crippen LogP contribution < -0.4 is 16.0 Å². The molecule has 6 rings (SSSR count). The van der Waals surface area contributed by atoms with Gasteiger partial charge in [-0.2, -0.15) is 10.4 Å². The Kier molecular flexibility index (Phi) is 6.29. The van der Waals surface area contributed by atoms with Gasteiger partial charge >= 0.3 is 0 Å². The van der Waals surface area contributed by atoms with Crippen molar-refractivity contribution in [2.75, 3.05) is 18.9 Å². The maximum Gasteiger partial charge on any atom is 0.256 e. The fourth-order valence-corrected chi connectivity index (χ4v) is 5.30. The van der Waals surface area contributed by atoms with Crippen LogP contribution in [0.15, 0.2) is 36.7 Å². The highest BCUT2D eigenvalue weighted by Gasteiger charge is 2.48. The molecule has 0 saturated heterocycles. The molecular formula is C26H28FN7O3. The lowest BCUT2D eigenvalue weighted by Crippen LogP contribution is -2.54. The van der Waals surface area contributed by atoms with E-state index in [0.29, 0.717) is 41.9 Å². The van der Waals surface area contributed by atoms with Crippen LogP contribution in [-0.2, 0) is 4.79 Å². The topological polar surface area (TPSA) is 144 Å². The Bertz CT molecular complexity index is 1390. The first-order chi connectivity index (χ1) is 17.7. The molecule has 0 spiro atoms. The molecule has 0 aromatic carbocycles. The molecular weight excluding hydrogens is 477 g/mol. The number of anilines is 1. The Morgan fingerprint density at radius 2 is 1.92 bits per heavy atom. The number of aromatic nitrogens is 3. The van der Waals surface area contributed by atoms with Crippen LogP contribution in [0.1, 0.15) is 54.4 Å². The summed E-state index contributed by atoms with van der Waals surface area (Å²) in [6.45, 7) is -0.466. The highest BCUT2D eigenvalue weighted by molar-refractivity contribution is 6.00. The Labute approximate surface area is 212 Å². The number of amides is 2. The minimum Gasteiger partial charge on any atom is -0.390 e. The fraction of sp³-hybridized carbons (Fsp3) is 0.423. The number of carbonyl (C=O) groups excluding carboxylic acids is 2. The summed E-state index contributed by atoms with van der Waals surface area (Å²) in [4.78, 5) is 29.1. The summed E-state index contributed by atoms with van der Waals surface area (Å²) < 4.78 is 15.7. The second-order valence-corrected chi connectivity index (χ2v) is 9.95. The van der Waals surface area contributed by atoms with E-state index in [4.69, 9.17) is 5.26 Å². The number of nitriles is 1. The number of hydrogen-bond donors (Lipinski definition) is 4. The van der Waals surface area contributed by atoms with Crippen molar-refractivity contribution in [2.24, 2.45) is 0 Å². The lowest BCUT2D eigenvalue weighted by atomic mass is 9.63. The van der Waals surface area contributed by atoms with Gasteiger partial charge < -0.3 is 21.1 Å². The van der Waals surface area contributed by atoms with Crippen LogP contribution >= 0.6 is 0 Å². The number of hydrogen-bond acceptors (Lipinski definition) is 7. The van der Waals surface area contributed by atoms with Crippen molar-refractivity contribution in [3.8, 4) is 17.5 Å².